The van der Waals surface area contributed by atoms with Gasteiger partial charge in [0, 0.05) is 40.6 Å². The zero-order chi connectivity index (χ0) is 25.8. The molecule has 0 saturated heterocycles. The van der Waals surface area contributed by atoms with Crippen molar-refractivity contribution in [3.63, 3.8) is 0 Å². The Kier molecular flexibility index (Phi) is 8.33. The van der Waals surface area contributed by atoms with Crippen LogP contribution in [0.4, 0.5) is 5.82 Å². The monoisotopic (exact) mass is 558 g/mol. The lowest BCUT2D eigenvalue weighted by Gasteiger charge is -2.29. The van der Waals surface area contributed by atoms with Crippen LogP contribution in [-0.4, -0.2) is 41.4 Å². The van der Waals surface area contributed by atoms with Gasteiger partial charge in [0.15, 0.2) is 17.0 Å². The van der Waals surface area contributed by atoms with Crippen molar-refractivity contribution in [2.45, 2.75) is 25.7 Å². The van der Waals surface area contributed by atoms with Gasteiger partial charge in [0.2, 0.25) is 0 Å². The number of nitrogens with zero attached hydrogens (tertiary/aromatic N) is 4. The van der Waals surface area contributed by atoms with Crippen LogP contribution in [0.1, 0.15) is 25.7 Å². The normalized spacial score (nSPS) is 18.7. The van der Waals surface area contributed by atoms with Crippen molar-refractivity contribution in [2.75, 3.05) is 18.4 Å². The van der Waals surface area contributed by atoms with Crippen LogP contribution in [0.5, 0.6) is 0 Å². The van der Waals surface area contributed by atoms with Gasteiger partial charge in [-0.1, -0.05) is 35.3 Å². The molecule has 1 fully saturated rings. The summed E-state index contributed by atoms with van der Waals surface area (Å²) in [6.45, 7) is 1.40. The third-order valence-electron chi connectivity index (χ3n) is 6.71. The van der Waals surface area contributed by atoms with Gasteiger partial charge in [-0.05, 0) is 73.9 Å². The van der Waals surface area contributed by atoms with Gasteiger partial charge < -0.3 is 9.87 Å². The highest BCUT2D eigenvalue weighted by Gasteiger charge is 2.23. The van der Waals surface area contributed by atoms with Crippen molar-refractivity contribution in [1.82, 2.24) is 29.8 Å². The van der Waals surface area contributed by atoms with Gasteiger partial charge in [-0.3, -0.25) is 8.78 Å². The molecule has 1 saturated carbocycles. The minimum absolute atomic E-state index is 0.450. The summed E-state index contributed by atoms with van der Waals surface area (Å²) in [7, 11) is 0. The van der Waals surface area contributed by atoms with E-state index >= 15 is 0 Å². The average molecular weight is 560 g/mol. The minimum atomic E-state index is -2.29. The molecule has 1 aliphatic carbocycles. The molecule has 5 rings (SSSR count). The van der Waals surface area contributed by atoms with E-state index in [1.807, 2.05) is 53.1 Å². The quantitative estimate of drug-likeness (QED) is 0.197. The van der Waals surface area contributed by atoms with Crippen molar-refractivity contribution in [1.29, 1.82) is 0 Å². The van der Waals surface area contributed by atoms with E-state index in [1.54, 1.807) is 6.33 Å². The Balaban J connectivity index is 1.38. The average Bonchev–Trinajstić information content (AvgIpc) is 3.29. The summed E-state index contributed by atoms with van der Waals surface area (Å²) in [5, 5.41) is 4.75. The Labute approximate surface area is 227 Å². The smallest absolute Gasteiger partial charge is 0.170 e. The molecule has 1 atom stereocenters. The molecule has 2 aromatic heterocycles. The van der Waals surface area contributed by atoms with E-state index in [2.05, 4.69) is 25.5 Å². The molecule has 9 nitrogen and oxygen atoms in total. The molecule has 37 heavy (non-hydrogen) atoms. The number of hydrazine groups is 1. The number of rotatable bonds is 9. The number of fused-ring (bicyclic) bond motifs is 1. The Morgan fingerprint density at radius 1 is 0.973 bits per heavy atom. The number of imidazole rings is 1. The fourth-order valence-corrected chi connectivity index (χ4v) is 5.35. The van der Waals surface area contributed by atoms with Crippen molar-refractivity contribution in [3.8, 4) is 17.1 Å². The Bertz CT molecular complexity index is 1390. The first-order valence-electron chi connectivity index (χ1n) is 12.1. The number of halogens is 2. The van der Waals surface area contributed by atoms with E-state index in [-0.39, 0.29) is 0 Å². The van der Waals surface area contributed by atoms with E-state index in [9.17, 15) is 8.76 Å². The second-order valence-corrected chi connectivity index (χ2v) is 10.6. The second-order valence-electron chi connectivity index (χ2n) is 9.11. The van der Waals surface area contributed by atoms with Crippen molar-refractivity contribution in [3.05, 3.63) is 64.9 Å². The molecule has 194 valence electrons. The van der Waals surface area contributed by atoms with Crippen LogP contribution in [-0.2, 0) is 11.3 Å². The number of benzene rings is 2. The van der Waals surface area contributed by atoms with Crippen LogP contribution < -0.4 is 15.6 Å². The molecule has 0 amide bonds. The summed E-state index contributed by atoms with van der Waals surface area (Å²) in [5.41, 5.74) is 5.77. The largest absolute Gasteiger partial charge is 0.759 e. The summed E-state index contributed by atoms with van der Waals surface area (Å²) in [5.74, 6) is 2.29. The number of nitrogens with one attached hydrogen (secondary N) is 3. The molecule has 1 unspecified atom stereocenters. The van der Waals surface area contributed by atoms with Crippen molar-refractivity contribution in [2.24, 2.45) is 11.8 Å². The summed E-state index contributed by atoms with van der Waals surface area (Å²) >= 11 is 10.4. The number of anilines is 1. The molecule has 0 bridgehead atoms. The lowest BCUT2D eigenvalue weighted by atomic mass is 9.82. The Morgan fingerprint density at radius 2 is 1.68 bits per heavy atom. The van der Waals surface area contributed by atoms with Crippen LogP contribution in [0, 0.1) is 11.8 Å². The van der Waals surface area contributed by atoms with Gasteiger partial charge in [-0.2, -0.15) is 4.83 Å². The van der Waals surface area contributed by atoms with E-state index in [0.29, 0.717) is 51.2 Å². The summed E-state index contributed by atoms with van der Waals surface area (Å²) in [6.07, 6.45) is 5.72. The predicted molar refractivity (Wildman–Crippen MR) is 146 cm³/mol. The highest BCUT2D eigenvalue weighted by atomic mass is 35.5. The standard InChI is InChI=1S/C25H27Cl2N7O2S/c26-18-9-11-19(12-10-18)34-24(20-3-1-2-4-21(20)27)32-22-23(29-15-30-25(22)34)28-13-16-5-7-17(8-6-16)14-31-33-37(35)36/h1-4,9-12,15-17,31,33H,5-8,13-14H2,(H,35,36)(H,28,29,30)/p-1. The zero-order valence-corrected chi connectivity index (χ0v) is 22.2. The highest BCUT2D eigenvalue weighted by Crippen LogP contribution is 2.34. The predicted octanol–water partition coefficient (Wildman–Crippen LogP) is 4.90. The maximum atomic E-state index is 10.6. The third-order valence-corrected chi connectivity index (χ3v) is 7.61. The molecule has 3 N–H and O–H groups in total. The van der Waals surface area contributed by atoms with Gasteiger partial charge in [0.05, 0.1) is 5.02 Å². The van der Waals surface area contributed by atoms with Crippen LogP contribution in [0.15, 0.2) is 54.9 Å². The van der Waals surface area contributed by atoms with Gasteiger partial charge in [-0.25, -0.2) is 20.4 Å². The summed E-state index contributed by atoms with van der Waals surface area (Å²) < 4.78 is 23.2. The molecular weight excluding hydrogens is 533 g/mol. The first-order valence-corrected chi connectivity index (χ1v) is 13.9. The lowest BCUT2D eigenvalue weighted by molar-refractivity contribution is 0.273. The molecule has 12 heteroatoms. The molecule has 0 aliphatic heterocycles. The minimum Gasteiger partial charge on any atom is -0.759 e. The van der Waals surface area contributed by atoms with Crippen LogP contribution in [0.3, 0.4) is 0 Å². The van der Waals surface area contributed by atoms with Crippen LogP contribution in [0.25, 0.3) is 28.2 Å². The second kappa shape index (κ2) is 11.8. The molecule has 0 spiro atoms. The van der Waals surface area contributed by atoms with E-state index in [0.717, 1.165) is 43.5 Å². The van der Waals surface area contributed by atoms with E-state index in [1.165, 1.54) is 0 Å². The molecule has 4 aromatic rings. The van der Waals surface area contributed by atoms with Gasteiger partial charge in [-0.15, -0.1) is 0 Å². The topological polar surface area (TPSA) is 120 Å². The molecule has 2 aromatic carbocycles. The summed E-state index contributed by atoms with van der Waals surface area (Å²) in [4.78, 5) is 16.3. The number of aromatic nitrogens is 4. The number of hydrogen-bond donors (Lipinski definition) is 3. The lowest BCUT2D eigenvalue weighted by Crippen LogP contribution is -2.38. The van der Waals surface area contributed by atoms with E-state index in [4.69, 9.17) is 28.2 Å². The Hall–Kier alpha value is -2.60. The van der Waals surface area contributed by atoms with Gasteiger partial charge in [0.25, 0.3) is 0 Å². The maximum Gasteiger partial charge on any atom is 0.170 e. The fraction of sp³-hybridized carbons (Fsp3) is 0.320. The van der Waals surface area contributed by atoms with Crippen molar-refractivity contribution >= 4 is 51.5 Å². The molecule has 0 radical (unpaired) electrons. The van der Waals surface area contributed by atoms with Crippen LogP contribution in [0.2, 0.25) is 10.0 Å². The highest BCUT2D eigenvalue weighted by molar-refractivity contribution is 7.76. The maximum absolute atomic E-state index is 10.6. The van der Waals surface area contributed by atoms with E-state index < -0.39 is 11.3 Å². The third kappa shape index (κ3) is 6.11. The SMILES string of the molecule is O=S([O-])NNCC1CCC(CNc2ncnc3c2nc(-c2ccccc2Cl)n3-c2ccc(Cl)cc2)CC1. The first-order chi connectivity index (χ1) is 18.0. The van der Waals surface area contributed by atoms with Gasteiger partial charge in [0.1, 0.15) is 12.2 Å². The fourth-order valence-electron chi connectivity index (χ4n) is 4.81. The zero-order valence-electron chi connectivity index (χ0n) is 19.9. The molecule has 1 aliphatic rings. The molecular formula is C25H26Cl2N7O2S-. The number of hydrogen-bond acceptors (Lipinski definition) is 7. The molecule has 2 heterocycles. The van der Waals surface area contributed by atoms with Gasteiger partial charge >= 0.3 is 0 Å². The van der Waals surface area contributed by atoms with Crippen LogP contribution >= 0.6 is 23.2 Å². The Morgan fingerprint density at radius 3 is 2.38 bits per heavy atom. The first kappa shape index (κ1) is 26.0. The van der Waals surface area contributed by atoms with Crippen molar-refractivity contribution < 1.29 is 8.76 Å². The summed E-state index contributed by atoms with van der Waals surface area (Å²) in [6, 6.07) is 15.1.